The predicted octanol–water partition coefficient (Wildman–Crippen LogP) is 0.298. The quantitative estimate of drug-likeness (QED) is 0.670. The van der Waals surface area contributed by atoms with E-state index in [9.17, 15) is 4.79 Å². The molecule has 0 bridgehead atoms. The summed E-state index contributed by atoms with van der Waals surface area (Å²) in [5.74, 6) is 0.0526. The second-order valence-corrected chi connectivity index (χ2v) is 5.05. The summed E-state index contributed by atoms with van der Waals surface area (Å²) in [5, 5.41) is 5.84. The van der Waals surface area contributed by atoms with Gasteiger partial charge in [0.25, 0.3) is 0 Å². The van der Waals surface area contributed by atoms with Crippen LogP contribution in [0.1, 0.15) is 20.8 Å². The number of amides is 1. The number of carbonyl (C=O) groups excluding carboxylic acids is 1. The summed E-state index contributed by atoms with van der Waals surface area (Å²) in [4.78, 5) is 13.5. The van der Waals surface area contributed by atoms with Crippen LogP contribution in [-0.2, 0) is 4.79 Å². The van der Waals surface area contributed by atoms with Crippen molar-refractivity contribution in [1.29, 1.82) is 0 Å². The number of rotatable bonds is 6. The zero-order valence-electron chi connectivity index (χ0n) is 10.8. The highest BCUT2D eigenvalue weighted by molar-refractivity contribution is 5.78. The summed E-state index contributed by atoms with van der Waals surface area (Å²) in [6.07, 6.45) is 0. The fourth-order valence-electron chi connectivity index (χ4n) is 1.60. The maximum Gasteiger partial charge on any atom is 0.234 e. The third-order valence-corrected chi connectivity index (χ3v) is 2.61. The summed E-state index contributed by atoms with van der Waals surface area (Å²) >= 11 is 0. The Morgan fingerprint density at radius 2 is 1.93 bits per heavy atom. The first kappa shape index (κ1) is 14.4. The molecule has 0 fully saturated rings. The third-order valence-electron chi connectivity index (χ3n) is 2.61. The maximum atomic E-state index is 11.4. The summed E-state index contributed by atoms with van der Waals surface area (Å²) in [7, 11) is 5.86. The largest absolute Gasteiger partial charge is 0.352 e. The number of hydrogen-bond donors (Lipinski definition) is 2. The highest BCUT2D eigenvalue weighted by Gasteiger charge is 2.27. The molecule has 1 amide bonds. The molecule has 0 aliphatic carbocycles. The minimum absolute atomic E-state index is 0.0526. The van der Waals surface area contributed by atoms with Crippen LogP contribution in [0.3, 0.4) is 0 Å². The molecule has 0 radical (unpaired) electrons. The highest BCUT2D eigenvalue weighted by Crippen LogP contribution is 2.20. The Bertz CT molecular complexity index is 202. The van der Waals surface area contributed by atoms with Gasteiger partial charge in [-0.1, -0.05) is 13.8 Å². The van der Waals surface area contributed by atoms with Gasteiger partial charge in [-0.05, 0) is 33.5 Å². The van der Waals surface area contributed by atoms with Crippen LogP contribution in [-0.4, -0.2) is 51.1 Å². The Labute approximate surface area is 93.4 Å². The molecule has 1 unspecified atom stereocenters. The molecule has 1 atom stereocenters. The van der Waals surface area contributed by atoms with Crippen molar-refractivity contribution in [2.75, 3.05) is 34.2 Å². The fourth-order valence-corrected chi connectivity index (χ4v) is 1.60. The van der Waals surface area contributed by atoms with E-state index in [1.807, 2.05) is 14.1 Å². The average Bonchev–Trinajstić information content (AvgIpc) is 2.01. The van der Waals surface area contributed by atoms with Crippen LogP contribution in [0.4, 0.5) is 0 Å². The Balaban J connectivity index is 4.17. The van der Waals surface area contributed by atoms with Gasteiger partial charge in [-0.2, -0.15) is 0 Å². The monoisotopic (exact) mass is 215 g/mol. The van der Waals surface area contributed by atoms with Crippen LogP contribution in [0.25, 0.3) is 0 Å². The van der Waals surface area contributed by atoms with Crippen molar-refractivity contribution >= 4 is 5.91 Å². The van der Waals surface area contributed by atoms with Crippen LogP contribution >= 0.6 is 0 Å². The van der Waals surface area contributed by atoms with Crippen molar-refractivity contribution in [2.45, 2.75) is 26.8 Å². The first-order valence-electron chi connectivity index (χ1n) is 5.38. The van der Waals surface area contributed by atoms with Crippen LogP contribution < -0.4 is 10.6 Å². The Hall–Kier alpha value is -0.610. The molecular weight excluding hydrogens is 190 g/mol. The Kier molecular flexibility index (Phi) is 5.83. The summed E-state index contributed by atoms with van der Waals surface area (Å²) in [5.41, 5.74) is 0.0763. The SMILES string of the molecule is CNCC(=O)NC(C)C(C)(C)CN(C)C. The third kappa shape index (κ3) is 5.74. The van der Waals surface area contributed by atoms with Crippen LogP contribution in [0.15, 0.2) is 0 Å². The molecule has 0 aromatic carbocycles. The van der Waals surface area contributed by atoms with Gasteiger partial charge in [0.05, 0.1) is 6.54 Å². The lowest BCUT2D eigenvalue weighted by atomic mass is 9.85. The molecule has 15 heavy (non-hydrogen) atoms. The molecule has 0 spiro atoms. The van der Waals surface area contributed by atoms with Gasteiger partial charge in [-0.3, -0.25) is 4.79 Å². The molecule has 2 N–H and O–H groups in total. The van der Waals surface area contributed by atoms with Gasteiger partial charge in [-0.15, -0.1) is 0 Å². The molecule has 0 rings (SSSR count). The molecule has 4 nitrogen and oxygen atoms in total. The lowest BCUT2D eigenvalue weighted by Crippen LogP contribution is -2.49. The second kappa shape index (κ2) is 6.08. The zero-order chi connectivity index (χ0) is 12.1. The van der Waals surface area contributed by atoms with Crippen molar-refractivity contribution in [2.24, 2.45) is 5.41 Å². The number of nitrogens with one attached hydrogen (secondary N) is 2. The fraction of sp³-hybridized carbons (Fsp3) is 0.909. The first-order valence-corrected chi connectivity index (χ1v) is 5.38. The second-order valence-electron chi connectivity index (χ2n) is 5.05. The summed E-state index contributed by atoms with van der Waals surface area (Å²) in [6.45, 7) is 7.71. The van der Waals surface area contributed by atoms with E-state index in [1.54, 1.807) is 7.05 Å². The highest BCUT2D eigenvalue weighted by atomic mass is 16.1. The molecule has 0 saturated carbocycles. The Morgan fingerprint density at radius 3 is 2.33 bits per heavy atom. The molecule has 0 aromatic heterocycles. The van der Waals surface area contributed by atoms with Gasteiger partial charge >= 0.3 is 0 Å². The van der Waals surface area contributed by atoms with Gasteiger partial charge in [-0.25, -0.2) is 0 Å². The van der Waals surface area contributed by atoms with Crippen LogP contribution in [0.5, 0.6) is 0 Å². The lowest BCUT2D eigenvalue weighted by molar-refractivity contribution is -0.121. The zero-order valence-corrected chi connectivity index (χ0v) is 10.8. The van der Waals surface area contributed by atoms with E-state index in [-0.39, 0.29) is 17.4 Å². The van der Waals surface area contributed by atoms with Gasteiger partial charge in [0.2, 0.25) is 5.91 Å². The smallest absolute Gasteiger partial charge is 0.234 e. The van der Waals surface area contributed by atoms with E-state index in [0.29, 0.717) is 6.54 Å². The van der Waals surface area contributed by atoms with Gasteiger partial charge < -0.3 is 15.5 Å². The summed E-state index contributed by atoms with van der Waals surface area (Å²) < 4.78 is 0. The van der Waals surface area contributed by atoms with E-state index in [2.05, 4.69) is 36.3 Å². The normalized spacial score (nSPS) is 14.1. The van der Waals surface area contributed by atoms with E-state index in [1.165, 1.54) is 0 Å². The van der Waals surface area contributed by atoms with Crippen LogP contribution in [0, 0.1) is 5.41 Å². The first-order chi connectivity index (χ1) is 6.79. The molecule has 0 saturated heterocycles. The molecule has 0 heterocycles. The van der Waals surface area contributed by atoms with Crippen molar-refractivity contribution in [3.8, 4) is 0 Å². The van der Waals surface area contributed by atoms with Crippen molar-refractivity contribution in [3.63, 3.8) is 0 Å². The number of hydrogen-bond acceptors (Lipinski definition) is 3. The molecule has 0 aromatic rings. The minimum Gasteiger partial charge on any atom is -0.352 e. The standard InChI is InChI=1S/C11H25N3O/c1-9(13-10(15)7-12-4)11(2,3)8-14(5)6/h9,12H,7-8H2,1-6H3,(H,13,15). The molecule has 4 heteroatoms. The van der Waals surface area contributed by atoms with Crippen molar-refractivity contribution in [1.82, 2.24) is 15.5 Å². The summed E-state index contributed by atoms with van der Waals surface area (Å²) in [6, 6.07) is 0.167. The molecular formula is C11H25N3O. The lowest BCUT2D eigenvalue weighted by Gasteiger charge is -2.34. The van der Waals surface area contributed by atoms with Gasteiger partial charge in [0, 0.05) is 12.6 Å². The minimum atomic E-state index is 0.0526. The van der Waals surface area contributed by atoms with Crippen molar-refractivity contribution in [3.05, 3.63) is 0 Å². The molecule has 0 aliphatic rings. The molecule has 0 aliphatic heterocycles. The van der Waals surface area contributed by atoms with E-state index in [0.717, 1.165) is 6.54 Å². The van der Waals surface area contributed by atoms with Crippen LogP contribution in [0.2, 0.25) is 0 Å². The Morgan fingerprint density at radius 1 is 1.40 bits per heavy atom. The maximum absolute atomic E-state index is 11.4. The van der Waals surface area contributed by atoms with E-state index in [4.69, 9.17) is 0 Å². The number of carbonyl (C=O) groups is 1. The topological polar surface area (TPSA) is 44.4 Å². The van der Waals surface area contributed by atoms with E-state index < -0.39 is 0 Å². The van der Waals surface area contributed by atoms with E-state index >= 15 is 0 Å². The number of likely N-dealkylation sites (N-methyl/N-ethyl adjacent to an activating group) is 1. The molecule has 90 valence electrons. The van der Waals surface area contributed by atoms with Gasteiger partial charge in [0.15, 0.2) is 0 Å². The average molecular weight is 215 g/mol. The van der Waals surface area contributed by atoms with Gasteiger partial charge in [0.1, 0.15) is 0 Å². The van der Waals surface area contributed by atoms with Crippen molar-refractivity contribution < 1.29 is 4.79 Å². The predicted molar refractivity (Wildman–Crippen MR) is 63.9 cm³/mol. The number of nitrogens with zero attached hydrogens (tertiary/aromatic N) is 1.